The Morgan fingerprint density at radius 3 is 2.61 bits per heavy atom. The average Bonchev–Trinajstić information content (AvgIpc) is 3.22. The first-order chi connectivity index (χ1) is 16.2. The van der Waals surface area contributed by atoms with Crippen molar-refractivity contribution in [2.24, 2.45) is 0 Å². The number of fused-ring (bicyclic) bond motifs is 1. The molecule has 1 amide bonds. The van der Waals surface area contributed by atoms with Crippen molar-refractivity contribution in [3.63, 3.8) is 0 Å². The van der Waals surface area contributed by atoms with Crippen LogP contribution >= 0.6 is 0 Å². The van der Waals surface area contributed by atoms with E-state index in [0.717, 1.165) is 54.2 Å². The summed E-state index contributed by atoms with van der Waals surface area (Å²) in [6.07, 6.45) is 5.67. The standard InChI is InChI=1S/C26H28N4O3/c1-32-21-11-13-22(14-12-21)33-18-6-17-30-24-9-3-2-8-23(24)29-25(30)10-5-16-28-26(31)20-7-4-15-27-19-20/h2-4,7-9,11-15,19H,5-6,10,16-18H2,1H3,(H,28,31). The van der Waals surface area contributed by atoms with E-state index >= 15 is 0 Å². The smallest absolute Gasteiger partial charge is 0.252 e. The third kappa shape index (κ3) is 5.88. The van der Waals surface area contributed by atoms with Gasteiger partial charge in [0.15, 0.2) is 0 Å². The number of pyridine rings is 1. The van der Waals surface area contributed by atoms with Gasteiger partial charge in [0, 0.05) is 31.9 Å². The molecule has 4 aromatic rings. The van der Waals surface area contributed by atoms with Crippen LogP contribution in [0, 0.1) is 0 Å². The van der Waals surface area contributed by atoms with E-state index in [4.69, 9.17) is 14.5 Å². The lowest BCUT2D eigenvalue weighted by atomic mass is 10.2. The zero-order valence-corrected chi connectivity index (χ0v) is 18.7. The molecule has 0 aliphatic heterocycles. The van der Waals surface area contributed by atoms with Gasteiger partial charge >= 0.3 is 0 Å². The van der Waals surface area contributed by atoms with Gasteiger partial charge in [-0.15, -0.1) is 0 Å². The molecule has 0 bridgehead atoms. The Morgan fingerprint density at radius 1 is 1.00 bits per heavy atom. The number of hydrogen-bond acceptors (Lipinski definition) is 5. The molecule has 0 saturated carbocycles. The third-order valence-corrected chi connectivity index (χ3v) is 5.37. The van der Waals surface area contributed by atoms with Gasteiger partial charge in [0.05, 0.1) is 30.3 Å². The molecular weight excluding hydrogens is 416 g/mol. The van der Waals surface area contributed by atoms with E-state index in [0.29, 0.717) is 18.7 Å². The summed E-state index contributed by atoms with van der Waals surface area (Å²) in [5.41, 5.74) is 2.68. The van der Waals surface area contributed by atoms with Crippen LogP contribution in [0.15, 0.2) is 73.1 Å². The van der Waals surface area contributed by atoms with Crippen LogP contribution in [0.25, 0.3) is 11.0 Å². The van der Waals surface area contributed by atoms with E-state index in [1.165, 1.54) is 0 Å². The number of carbonyl (C=O) groups is 1. The average molecular weight is 445 g/mol. The van der Waals surface area contributed by atoms with Gasteiger partial charge in [-0.25, -0.2) is 4.98 Å². The highest BCUT2D eigenvalue weighted by Gasteiger charge is 2.11. The summed E-state index contributed by atoms with van der Waals surface area (Å²) in [5.74, 6) is 2.56. The van der Waals surface area contributed by atoms with Gasteiger partial charge in [-0.2, -0.15) is 0 Å². The fraction of sp³-hybridized carbons (Fsp3) is 0.269. The second kappa shape index (κ2) is 11.1. The van der Waals surface area contributed by atoms with Gasteiger partial charge in [0.25, 0.3) is 5.91 Å². The summed E-state index contributed by atoms with van der Waals surface area (Å²) in [5, 5.41) is 2.96. The van der Waals surface area contributed by atoms with Gasteiger partial charge in [0.1, 0.15) is 17.3 Å². The Hall–Kier alpha value is -3.87. The molecule has 4 rings (SSSR count). The number of hydrogen-bond donors (Lipinski definition) is 1. The van der Waals surface area contributed by atoms with Crippen molar-refractivity contribution in [3.05, 3.63) is 84.4 Å². The molecule has 33 heavy (non-hydrogen) atoms. The van der Waals surface area contributed by atoms with Crippen molar-refractivity contribution in [1.82, 2.24) is 19.9 Å². The van der Waals surface area contributed by atoms with Crippen molar-refractivity contribution >= 4 is 16.9 Å². The summed E-state index contributed by atoms with van der Waals surface area (Å²) < 4.78 is 13.3. The SMILES string of the molecule is COc1ccc(OCCCn2c(CCCNC(=O)c3cccnc3)nc3ccccc32)cc1. The molecule has 170 valence electrons. The number of nitrogens with zero attached hydrogens (tertiary/aromatic N) is 3. The van der Waals surface area contributed by atoms with Crippen LogP contribution in [0.2, 0.25) is 0 Å². The minimum absolute atomic E-state index is 0.104. The maximum Gasteiger partial charge on any atom is 0.252 e. The molecule has 0 aliphatic carbocycles. The summed E-state index contributed by atoms with van der Waals surface area (Å²) in [6, 6.07) is 19.3. The van der Waals surface area contributed by atoms with Gasteiger partial charge in [0.2, 0.25) is 0 Å². The Labute approximate surface area is 193 Å². The number of benzene rings is 2. The lowest BCUT2D eigenvalue weighted by Crippen LogP contribution is -2.25. The molecular formula is C26H28N4O3. The number of imidazole rings is 1. The second-order valence-electron chi connectivity index (χ2n) is 7.65. The number of methoxy groups -OCH3 is 1. The Balaban J connectivity index is 1.31. The van der Waals surface area contributed by atoms with Crippen molar-refractivity contribution in [3.8, 4) is 11.5 Å². The lowest BCUT2D eigenvalue weighted by molar-refractivity contribution is 0.0952. The highest BCUT2D eigenvalue weighted by Crippen LogP contribution is 2.19. The number of nitrogens with one attached hydrogen (secondary N) is 1. The number of para-hydroxylation sites is 2. The van der Waals surface area contributed by atoms with Crippen LogP contribution in [0.3, 0.4) is 0 Å². The number of aromatic nitrogens is 3. The molecule has 7 heteroatoms. The van der Waals surface area contributed by atoms with Crippen LogP contribution in [0.5, 0.6) is 11.5 Å². The van der Waals surface area contributed by atoms with E-state index in [9.17, 15) is 4.79 Å². The summed E-state index contributed by atoms with van der Waals surface area (Å²) in [6.45, 7) is 2.00. The maximum absolute atomic E-state index is 12.2. The molecule has 7 nitrogen and oxygen atoms in total. The molecule has 0 saturated heterocycles. The predicted octanol–water partition coefficient (Wildman–Crippen LogP) is 4.27. The van der Waals surface area contributed by atoms with Gasteiger partial charge in [-0.3, -0.25) is 9.78 Å². The molecule has 0 radical (unpaired) electrons. The highest BCUT2D eigenvalue weighted by atomic mass is 16.5. The van der Waals surface area contributed by atoms with Crippen molar-refractivity contribution < 1.29 is 14.3 Å². The first-order valence-corrected chi connectivity index (χ1v) is 11.1. The minimum atomic E-state index is -0.104. The first-order valence-electron chi connectivity index (χ1n) is 11.1. The normalized spacial score (nSPS) is 10.8. The molecule has 2 aromatic heterocycles. The zero-order chi connectivity index (χ0) is 22.9. The maximum atomic E-state index is 12.2. The largest absolute Gasteiger partial charge is 0.497 e. The summed E-state index contributed by atoms with van der Waals surface area (Å²) >= 11 is 0. The minimum Gasteiger partial charge on any atom is -0.497 e. The Morgan fingerprint density at radius 2 is 1.82 bits per heavy atom. The van der Waals surface area contributed by atoms with Crippen molar-refractivity contribution in [2.45, 2.75) is 25.8 Å². The topological polar surface area (TPSA) is 78.3 Å². The highest BCUT2D eigenvalue weighted by molar-refractivity contribution is 5.93. The fourth-order valence-electron chi connectivity index (χ4n) is 3.70. The van der Waals surface area contributed by atoms with E-state index in [-0.39, 0.29) is 5.91 Å². The molecule has 0 spiro atoms. The third-order valence-electron chi connectivity index (χ3n) is 5.37. The molecule has 2 aromatic carbocycles. The van der Waals surface area contributed by atoms with Crippen LogP contribution in [0.1, 0.15) is 29.0 Å². The molecule has 0 aliphatic rings. The van der Waals surface area contributed by atoms with E-state index < -0.39 is 0 Å². The fourth-order valence-corrected chi connectivity index (χ4v) is 3.70. The van der Waals surface area contributed by atoms with E-state index in [2.05, 4.69) is 20.9 Å². The van der Waals surface area contributed by atoms with Gasteiger partial charge in [-0.1, -0.05) is 12.1 Å². The van der Waals surface area contributed by atoms with Crippen molar-refractivity contribution in [1.29, 1.82) is 0 Å². The molecule has 0 atom stereocenters. The van der Waals surface area contributed by atoms with Crippen LogP contribution in [-0.2, 0) is 13.0 Å². The van der Waals surface area contributed by atoms with Crippen LogP contribution < -0.4 is 14.8 Å². The van der Waals surface area contributed by atoms with E-state index in [1.54, 1.807) is 31.6 Å². The quantitative estimate of drug-likeness (QED) is 0.350. The van der Waals surface area contributed by atoms with Gasteiger partial charge in [-0.05, 0) is 61.4 Å². The number of aryl methyl sites for hydroxylation is 2. The summed E-state index contributed by atoms with van der Waals surface area (Å²) in [7, 11) is 1.65. The number of carbonyl (C=O) groups excluding carboxylic acids is 1. The first kappa shape index (κ1) is 22.3. The molecule has 0 fully saturated rings. The predicted molar refractivity (Wildman–Crippen MR) is 128 cm³/mol. The summed E-state index contributed by atoms with van der Waals surface area (Å²) in [4.78, 5) is 21.0. The monoisotopic (exact) mass is 444 g/mol. The van der Waals surface area contributed by atoms with Crippen molar-refractivity contribution in [2.75, 3.05) is 20.3 Å². The Bertz CT molecular complexity index is 1170. The second-order valence-corrected chi connectivity index (χ2v) is 7.65. The number of ether oxygens (including phenoxy) is 2. The Kier molecular flexibility index (Phi) is 7.53. The van der Waals surface area contributed by atoms with Gasteiger partial charge < -0.3 is 19.4 Å². The zero-order valence-electron chi connectivity index (χ0n) is 18.7. The number of amides is 1. The van der Waals surface area contributed by atoms with E-state index in [1.807, 2.05) is 42.5 Å². The molecule has 1 N–H and O–H groups in total. The molecule has 2 heterocycles. The number of rotatable bonds is 11. The van der Waals surface area contributed by atoms with Crippen LogP contribution in [-0.4, -0.2) is 40.7 Å². The molecule has 0 unspecified atom stereocenters. The lowest BCUT2D eigenvalue weighted by Gasteiger charge is -2.11. The van der Waals surface area contributed by atoms with Crippen LogP contribution in [0.4, 0.5) is 0 Å².